The maximum absolute atomic E-state index is 13.4. The summed E-state index contributed by atoms with van der Waals surface area (Å²) in [4.78, 5) is 15.4. The lowest BCUT2D eigenvalue weighted by molar-refractivity contribution is 0.0717. The Morgan fingerprint density at radius 1 is 1.25 bits per heavy atom. The van der Waals surface area contributed by atoms with Crippen LogP contribution >= 0.6 is 0 Å². The largest absolute Gasteiger partial charge is 0.497 e. The van der Waals surface area contributed by atoms with Crippen LogP contribution in [-0.2, 0) is 6.54 Å². The van der Waals surface area contributed by atoms with Gasteiger partial charge in [0, 0.05) is 31.1 Å². The third-order valence-corrected chi connectivity index (χ3v) is 7.59. The second-order valence-corrected chi connectivity index (χ2v) is 9.63. The zero-order valence-electron chi connectivity index (χ0n) is 18.3. The number of hydrogen-bond donors (Lipinski definition) is 1. The molecule has 1 spiro atoms. The lowest BCUT2D eigenvalue weighted by Crippen LogP contribution is -2.38. The Bertz CT molecular complexity index is 1130. The number of carbonyl (C=O) groups excluding carboxylic acids is 1. The molecule has 1 aromatic carbocycles. The molecule has 1 saturated heterocycles. The lowest BCUT2D eigenvalue weighted by Gasteiger charge is -2.42. The van der Waals surface area contributed by atoms with Crippen LogP contribution in [0.4, 0.5) is 0 Å². The number of nitrogens with zero attached hydrogens (tertiary/aromatic N) is 5. The van der Waals surface area contributed by atoms with Crippen molar-refractivity contribution in [1.82, 2.24) is 29.9 Å². The number of amides is 1. The summed E-state index contributed by atoms with van der Waals surface area (Å²) in [6.45, 7) is 2.48. The quantitative estimate of drug-likeness (QED) is 0.644. The summed E-state index contributed by atoms with van der Waals surface area (Å²) < 4.78 is 7.47. The van der Waals surface area contributed by atoms with Crippen LogP contribution in [0.1, 0.15) is 54.3 Å². The van der Waals surface area contributed by atoms with E-state index in [1.54, 1.807) is 7.11 Å². The standard InChI is InChI=1S/C24H28N6O2/c1-32-18-7-5-17(6-8-18)20-11-21(27-26-20)23(31)29-13-19(24(14-29)9-2-10-24)22-28-25-15-30(22)12-16-3-4-16/h5-8,11,15-16,19H,2-4,9-10,12-14H2,1H3,(H,26,27). The number of aromatic nitrogens is 5. The second kappa shape index (κ2) is 7.46. The molecule has 1 unspecified atom stereocenters. The van der Waals surface area contributed by atoms with Crippen molar-refractivity contribution >= 4 is 5.91 Å². The van der Waals surface area contributed by atoms with E-state index >= 15 is 0 Å². The molecular formula is C24H28N6O2. The van der Waals surface area contributed by atoms with Gasteiger partial charge in [-0.3, -0.25) is 9.89 Å². The SMILES string of the molecule is COc1ccc(-c2cc(C(=O)N3CC(c4nncn4CC4CC4)C4(CCC4)C3)[nH]n2)cc1. The average molecular weight is 433 g/mol. The molecule has 2 aromatic heterocycles. The van der Waals surface area contributed by atoms with Crippen LogP contribution in [0.3, 0.4) is 0 Å². The molecule has 1 N–H and O–H groups in total. The second-order valence-electron chi connectivity index (χ2n) is 9.63. The molecule has 166 valence electrons. The highest BCUT2D eigenvalue weighted by molar-refractivity contribution is 5.93. The third-order valence-electron chi connectivity index (χ3n) is 7.59. The van der Waals surface area contributed by atoms with Crippen molar-refractivity contribution in [2.75, 3.05) is 20.2 Å². The predicted molar refractivity (Wildman–Crippen MR) is 118 cm³/mol. The molecule has 3 heterocycles. The fourth-order valence-corrected chi connectivity index (χ4v) is 5.38. The van der Waals surface area contributed by atoms with Gasteiger partial charge in [0.25, 0.3) is 5.91 Å². The van der Waals surface area contributed by atoms with Crippen LogP contribution in [0.15, 0.2) is 36.7 Å². The van der Waals surface area contributed by atoms with E-state index in [0.717, 1.165) is 54.7 Å². The molecule has 1 aliphatic heterocycles. The smallest absolute Gasteiger partial charge is 0.271 e. The number of likely N-dealkylation sites (tertiary alicyclic amines) is 1. The highest BCUT2D eigenvalue weighted by Crippen LogP contribution is 2.55. The fraction of sp³-hybridized carbons (Fsp3) is 0.500. The van der Waals surface area contributed by atoms with E-state index in [4.69, 9.17) is 4.74 Å². The van der Waals surface area contributed by atoms with Crippen molar-refractivity contribution in [2.45, 2.75) is 44.6 Å². The van der Waals surface area contributed by atoms with Crippen molar-refractivity contribution in [3.8, 4) is 17.0 Å². The molecule has 2 aliphatic carbocycles. The van der Waals surface area contributed by atoms with Crippen LogP contribution in [0.5, 0.6) is 5.75 Å². The summed E-state index contributed by atoms with van der Waals surface area (Å²) >= 11 is 0. The Morgan fingerprint density at radius 2 is 2.06 bits per heavy atom. The van der Waals surface area contributed by atoms with Gasteiger partial charge in [0.05, 0.1) is 12.8 Å². The first-order valence-corrected chi connectivity index (χ1v) is 11.5. The van der Waals surface area contributed by atoms with E-state index < -0.39 is 0 Å². The molecular weight excluding hydrogens is 404 g/mol. The van der Waals surface area contributed by atoms with E-state index in [2.05, 4.69) is 25.0 Å². The van der Waals surface area contributed by atoms with Crippen molar-refractivity contribution in [1.29, 1.82) is 0 Å². The number of nitrogens with one attached hydrogen (secondary N) is 1. The molecule has 3 fully saturated rings. The van der Waals surface area contributed by atoms with Crippen LogP contribution in [0.25, 0.3) is 11.3 Å². The van der Waals surface area contributed by atoms with Gasteiger partial charge < -0.3 is 14.2 Å². The fourth-order valence-electron chi connectivity index (χ4n) is 5.38. The van der Waals surface area contributed by atoms with Gasteiger partial charge in [-0.25, -0.2) is 0 Å². The van der Waals surface area contributed by atoms with Crippen molar-refractivity contribution in [3.63, 3.8) is 0 Å². The van der Waals surface area contributed by atoms with Crippen molar-refractivity contribution in [3.05, 3.63) is 48.2 Å². The number of methoxy groups -OCH3 is 1. The minimum atomic E-state index is 0.0132. The Balaban J connectivity index is 1.22. The summed E-state index contributed by atoms with van der Waals surface area (Å²) in [5, 5.41) is 16.1. The molecule has 3 aliphatic rings. The molecule has 6 rings (SSSR count). The topological polar surface area (TPSA) is 88.9 Å². The molecule has 8 heteroatoms. The average Bonchev–Trinajstić information content (AvgIpc) is 3.20. The van der Waals surface area contributed by atoms with Gasteiger partial charge in [-0.2, -0.15) is 5.10 Å². The number of hydrogen-bond acceptors (Lipinski definition) is 5. The maximum Gasteiger partial charge on any atom is 0.271 e. The lowest BCUT2D eigenvalue weighted by atomic mass is 9.62. The Labute approximate surface area is 187 Å². The summed E-state index contributed by atoms with van der Waals surface area (Å²) in [5.74, 6) is 2.90. The summed E-state index contributed by atoms with van der Waals surface area (Å²) in [6, 6.07) is 9.54. The molecule has 1 amide bonds. The van der Waals surface area contributed by atoms with E-state index in [-0.39, 0.29) is 17.2 Å². The predicted octanol–water partition coefficient (Wildman–Crippen LogP) is 3.50. The highest BCUT2D eigenvalue weighted by atomic mass is 16.5. The third kappa shape index (κ3) is 3.29. The van der Waals surface area contributed by atoms with Crippen LogP contribution in [-0.4, -0.2) is 56.0 Å². The molecule has 8 nitrogen and oxygen atoms in total. The van der Waals surface area contributed by atoms with Gasteiger partial charge >= 0.3 is 0 Å². The Hall–Kier alpha value is -3.16. The number of carbonyl (C=O) groups is 1. The molecule has 3 aromatic rings. The number of ether oxygens (including phenoxy) is 1. The maximum atomic E-state index is 13.4. The number of benzene rings is 1. The minimum absolute atomic E-state index is 0.0132. The van der Waals surface area contributed by atoms with E-state index in [9.17, 15) is 4.79 Å². The number of H-pyrrole nitrogens is 1. The van der Waals surface area contributed by atoms with Gasteiger partial charge in [-0.15, -0.1) is 10.2 Å². The van der Waals surface area contributed by atoms with Crippen molar-refractivity contribution in [2.24, 2.45) is 11.3 Å². The first-order chi connectivity index (χ1) is 15.6. The van der Waals surface area contributed by atoms with Gasteiger partial charge in [0.2, 0.25) is 0 Å². The van der Waals surface area contributed by atoms with E-state index in [1.165, 1.54) is 19.3 Å². The summed E-state index contributed by atoms with van der Waals surface area (Å²) in [6.07, 6.45) is 8.00. The monoisotopic (exact) mass is 432 g/mol. The Kier molecular flexibility index (Phi) is 4.55. The molecule has 1 atom stereocenters. The highest BCUT2D eigenvalue weighted by Gasteiger charge is 2.54. The van der Waals surface area contributed by atoms with Gasteiger partial charge in [0.1, 0.15) is 23.6 Å². The van der Waals surface area contributed by atoms with E-state index in [0.29, 0.717) is 12.2 Å². The van der Waals surface area contributed by atoms with Gasteiger partial charge in [0.15, 0.2) is 0 Å². The molecule has 0 bridgehead atoms. The Morgan fingerprint density at radius 3 is 2.75 bits per heavy atom. The van der Waals surface area contributed by atoms with Crippen LogP contribution < -0.4 is 4.74 Å². The summed E-state index contributed by atoms with van der Waals surface area (Å²) in [5.41, 5.74) is 2.38. The zero-order valence-corrected chi connectivity index (χ0v) is 18.3. The van der Waals surface area contributed by atoms with E-state index in [1.807, 2.05) is 41.6 Å². The van der Waals surface area contributed by atoms with Crippen LogP contribution in [0, 0.1) is 11.3 Å². The molecule has 2 saturated carbocycles. The zero-order chi connectivity index (χ0) is 21.7. The first-order valence-electron chi connectivity index (χ1n) is 11.5. The summed E-state index contributed by atoms with van der Waals surface area (Å²) in [7, 11) is 1.65. The van der Waals surface area contributed by atoms with Crippen LogP contribution in [0.2, 0.25) is 0 Å². The number of rotatable bonds is 6. The molecule has 32 heavy (non-hydrogen) atoms. The minimum Gasteiger partial charge on any atom is -0.497 e. The van der Waals surface area contributed by atoms with Gasteiger partial charge in [-0.1, -0.05) is 6.42 Å². The normalized spacial score (nSPS) is 21.7. The van der Waals surface area contributed by atoms with Gasteiger partial charge in [-0.05, 0) is 67.3 Å². The first kappa shape index (κ1) is 19.5. The molecule has 0 radical (unpaired) electrons. The van der Waals surface area contributed by atoms with Crippen molar-refractivity contribution < 1.29 is 9.53 Å². The number of aromatic amines is 1.